The highest BCUT2D eigenvalue weighted by Crippen LogP contribution is 2.50. The Morgan fingerprint density at radius 2 is 1.33 bits per heavy atom. The van der Waals surface area contributed by atoms with Crippen LogP contribution in [0, 0.1) is 10.1 Å². The fourth-order valence-corrected chi connectivity index (χ4v) is 6.41. The summed E-state index contributed by atoms with van der Waals surface area (Å²) >= 11 is 0. The molecule has 45 heavy (non-hydrogen) atoms. The minimum Gasteiger partial charge on any atom is -0.456 e. The molecule has 0 bridgehead atoms. The lowest BCUT2D eigenvalue weighted by Crippen LogP contribution is -2.66. The highest BCUT2D eigenvalue weighted by Gasteiger charge is 2.58. The Kier molecular flexibility index (Phi) is 9.92. The largest absolute Gasteiger partial charge is 0.509 e. The number of carbonyl (C=O) groups is 1. The molecule has 0 saturated heterocycles. The smallest absolute Gasteiger partial charge is 0.456 e. The maximum absolute atomic E-state index is 12.9. The van der Waals surface area contributed by atoms with E-state index in [-0.39, 0.29) is 11.1 Å². The van der Waals surface area contributed by atoms with Gasteiger partial charge < -0.3 is 53.5 Å². The molecule has 1 aliphatic rings. The summed E-state index contributed by atoms with van der Waals surface area (Å²) in [6, 6.07) is 8.92. The lowest BCUT2D eigenvalue weighted by molar-refractivity contribution is -0.386. The van der Waals surface area contributed by atoms with Crippen LogP contribution in [0.1, 0.15) is 18.6 Å². The fraction of sp³-hybridized carbons (Fsp3) is 0.381. The van der Waals surface area contributed by atoms with Gasteiger partial charge in [-0.15, -0.1) is 0 Å². The second-order valence-corrected chi connectivity index (χ2v) is 13.1. The van der Waals surface area contributed by atoms with E-state index in [1.807, 2.05) is 0 Å². The van der Waals surface area contributed by atoms with E-state index in [2.05, 4.69) is 13.6 Å². The quantitative estimate of drug-likeness (QED) is 0.0637. The van der Waals surface area contributed by atoms with Crippen molar-refractivity contribution in [2.24, 2.45) is 0 Å². The average Bonchev–Trinajstić information content (AvgIpc) is 3.26. The van der Waals surface area contributed by atoms with Gasteiger partial charge in [-0.25, -0.2) is 18.5 Å². The number of fused-ring (bicyclic) bond motifs is 3. The second-order valence-electron chi connectivity index (χ2n) is 9.52. The lowest BCUT2D eigenvalue weighted by atomic mass is 9.85. The summed E-state index contributed by atoms with van der Waals surface area (Å²) in [5, 5.41) is 33.6. The molecule has 7 atom stereocenters. The van der Waals surface area contributed by atoms with E-state index >= 15 is 0 Å². The van der Waals surface area contributed by atoms with Gasteiger partial charge in [-0.2, -0.15) is 0 Å². The summed E-state index contributed by atoms with van der Waals surface area (Å²) in [5.41, 5.74) is -0.311. The van der Waals surface area contributed by atoms with Crippen molar-refractivity contribution in [3.05, 3.63) is 52.1 Å². The molecule has 7 unspecified atom stereocenters. The molecule has 248 valence electrons. The monoisotopic (exact) mass is 703 g/mol. The Hall–Kier alpha value is -2.84. The number of nitrogens with zero attached hydrogens (tertiary/aromatic N) is 1. The van der Waals surface area contributed by atoms with E-state index in [1.54, 1.807) is 24.3 Å². The summed E-state index contributed by atoms with van der Waals surface area (Å²) in [7, 11) is -17.1. The molecule has 2 aromatic carbocycles. The first kappa shape index (κ1) is 35.0. The summed E-state index contributed by atoms with van der Waals surface area (Å²) in [6.45, 7) is 1.14. The topological polar surface area (TPSA) is 333 Å². The first-order valence-corrected chi connectivity index (χ1v) is 16.8. The van der Waals surface area contributed by atoms with Gasteiger partial charge in [0.2, 0.25) is 0 Å². The highest BCUT2D eigenvalue weighted by atomic mass is 31.2. The Balaban J connectivity index is 1.71. The minimum absolute atomic E-state index is 0.113. The average molecular weight is 703 g/mol. The number of para-hydroxylation sites is 1. The number of phosphoric acid groups is 3. The van der Waals surface area contributed by atoms with E-state index in [9.17, 15) is 68.2 Å². The van der Waals surface area contributed by atoms with Gasteiger partial charge in [0, 0.05) is 10.8 Å². The Bertz CT molecular complexity index is 1740. The Morgan fingerprint density at radius 3 is 1.87 bits per heavy atom. The predicted molar refractivity (Wildman–Crippen MR) is 143 cm³/mol. The van der Waals surface area contributed by atoms with Crippen LogP contribution < -0.4 is 0 Å². The predicted octanol–water partition coefficient (Wildman–Crippen LogP) is 1.25. The summed E-state index contributed by atoms with van der Waals surface area (Å²) in [4.78, 5) is 79.9. The van der Waals surface area contributed by atoms with Gasteiger partial charge in [0.15, 0.2) is 6.10 Å². The van der Waals surface area contributed by atoms with Crippen LogP contribution in [0.25, 0.3) is 21.9 Å². The number of ether oxygens (including phenoxy) is 2. The van der Waals surface area contributed by atoms with Crippen molar-refractivity contribution < 1.29 is 90.4 Å². The number of nitro benzene ring substituents is 1. The number of rotatable bonds is 10. The van der Waals surface area contributed by atoms with Gasteiger partial charge in [-0.05, 0) is 19.1 Å². The van der Waals surface area contributed by atoms with Crippen molar-refractivity contribution in [3.63, 3.8) is 0 Å². The first-order valence-electron chi connectivity index (χ1n) is 12.2. The van der Waals surface area contributed by atoms with Gasteiger partial charge in [-0.3, -0.25) is 23.7 Å². The van der Waals surface area contributed by atoms with Crippen LogP contribution in [0.3, 0.4) is 0 Å². The molecule has 4 rings (SSSR count). The number of benzene rings is 2. The van der Waals surface area contributed by atoms with E-state index in [1.165, 1.54) is 6.07 Å². The number of furan rings is 1. The van der Waals surface area contributed by atoms with Crippen LogP contribution in [0.15, 0.2) is 40.8 Å². The number of phosphoric ester groups is 3. The van der Waals surface area contributed by atoms with Gasteiger partial charge in [0.25, 0.3) is 5.69 Å². The number of aliphatic hydroxyl groups is 2. The third kappa shape index (κ3) is 8.31. The maximum Gasteiger partial charge on any atom is 0.509 e. The van der Waals surface area contributed by atoms with Crippen LogP contribution >= 0.6 is 23.5 Å². The molecule has 3 aromatic rings. The van der Waals surface area contributed by atoms with Crippen molar-refractivity contribution in [2.75, 3.05) is 0 Å². The molecular formula is C21H24NO20P3. The number of carbonyl (C=O) groups excluding carboxylic acids is 1. The molecular weight excluding hydrogens is 679 g/mol. The van der Waals surface area contributed by atoms with Crippen LogP contribution in [-0.4, -0.2) is 87.3 Å². The molecule has 21 nitrogen and oxygen atoms in total. The van der Waals surface area contributed by atoms with Crippen molar-refractivity contribution in [1.29, 1.82) is 0 Å². The number of hydrogen-bond acceptors (Lipinski definition) is 14. The van der Waals surface area contributed by atoms with E-state index in [4.69, 9.17) is 13.9 Å². The van der Waals surface area contributed by atoms with Gasteiger partial charge in [-0.1, -0.05) is 18.2 Å². The fourth-order valence-electron chi connectivity index (χ4n) is 4.73. The molecule has 8 N–H and O–H groups in total. The molecule has 0 radical (unpaired) electrons. The Morgan fingerprint density at radius 1 is 0.822 bits per heavy atom. The molecule has 1 aliphatic carbocycles. The number of nitro groups is 1. The molecule has 0 amide bonds. The number of hydrogen-bond donors (Lipinski definition) is 8. The molecule has 0 spiro atoms. The minimum atomic E-state index is -5.76. The van der Waals surface area contributed by atoms with E-state index < -0.39 is 83.0 Å². The first-order chi connectivity index (χ1) is 20.6. The van der Waals surface area contributed by atoms with Gasteiger partial charge >= 0.3 is 29.6 Å². The Labute approximate surface area is 249 Å². The van der Waals surface area contributed by atoms with Crippen LogP contribution in [-0.2, 0) is 36.7 Å². The van der Waals surface area contributed by atoms with Gasteiger partial charge in [0.05, 0.1) is 16.6 Å². The van der Waals surface area contributed by atoms with Crippen LogP contribution in [0.2, 0.25) is 0 Å². The zero-order chi connectivity index (χ0) is 33.6. The zero-order valence-electron chi connectivity index (χ0n) is 22.3. The maximum atomic E-state index is 12.9. The SMILES string of the molecule is CC(OC(=O)OC1C(OP(=O)(O)O)C(O)C(O)C(OP(=O)(O)O)C1OP(=O)(O)O)c1cc2c(cc1[N+](=O)[O-])oc1ccccc12. The highest BCUT2D eigenvalue weighted by molar-refractivity contribution is 7.46. The molecule has 1 aromatic heterocycles. The van der Waals surface area contributed by atoms with Gasteiger partial charge in [0.1, 0.15) is 47.8 Å². The molecule has 1 saturated carbocycles. The second kappa shape index (κ2) is 12.7. The van der Waals surface area contributed by atoms with Crippen molar-refractivity contribution in [1.82, 2.24) is 0 Å². The molecule has 24 heteroatoms. The van der Waals surface area contributed by atoms with Crippen LogP contribution in [0.4, 0.5) is 10.5 Å². The molecule has 1 fully saturated rings. The standard InChI is InChI=1S/C21H24NO20P3/c1-8(10-6-11-9-4-2-3-5-13(9)38-14(11)7-12(10)22(26)27)37-21(25)39-19-17(40-43(28,29)30)15(23)16(24)18(41-44(31,32)33)20(19)42-45(34,35)36/h2-8,15-20,23-24H,1H3,(H2,28,29,30)(H2,31,32,33)(H2,34,35,36). The van der Waals surface area contributed by atoms with Crippen molar-refractivity contribution in [3.8, 4) is 0 Å². The van der Waals surface area contributed by atoms with Crippen molar-refractivity contribution in [2.45, 2.75) is 49.7 Å². The third-order valence-electron chi connectivity index (χ3n) is 6.44. The van der Waals surface area contributed by atoms with E-state index in [0.29, 0.717) is 16.4 Å². The summed E-state index contributed by atoms with van der Waals surface area (Å²) in [5.74, 6) is 0. The third-order valence-corrected chi connectivity index (χ3v) is 7.99. The molecule has 0 aliphatic heterocycles. The summed E-state index contributed by atoms with van der Waals surface area (Å²) in [6.07, 6.45) is -19.2. The normalized spacial score (nSPS) is 25.3. The van der Waals surface area contributed by atoms with Crippen LogP contribution in [0.5, 0.6) is 0 Å². The molecule has 1 heterocycles. The summed E-state index contributed by atoms with van der Waals surface area (Å²) < 4.78 is 63.5. The zero-order valence-corrected chi connectivity index (χ0v) is 25.0. The number of aliphatic hydroxyl groups excluding tert-OH is 2. The van der Waals surface area contributed by atoms with Crippen molar-refractivity contribution >= 4 is 57.2 Å². The lowest BCUT2D eigenvalue weighted by Gasteiger charge is -2.45. The van der Waals surface area contributed by atoms with E-state index in [0.717, 1.165) is 13.0 Å².